The van der Waals surface area contributed by atoms with Crippen LogP contribution in [0.3, 0.4) is 0 Å². The summed E-state index contributed by atoms with van der Waals surface area (Å²) < 4.78 is 5.09. The molecule has 106 valence electrons. The third-order valence-corrected chi connectivity index (χ3v) is 6.07. The molecule has 5 atom stereocenters. The summed E-state index contributed by atoms with van der Waals surface area (Å²) in [5, 5.41) is 2.11. The van der Waals surface area contributed by atoms with Crippen LogP contribution in [0.25, 0.3) is 6.08 Å². The van der Waals surface area contributed by atoms with Crippen molar-refractivity contribution in [2.45, 2.75) is 31.3 Å². The van der Waals surface area contributed by atoms with Gasteiger partial charge in [0.1, 0.15) is 0 Å². The zero-order chi connectivity index (χ0) is 13.7. The zero-order valence-corrected chi connectivity index (χ0v) is 12.4. The molecule has 0 aliphatic carbocycles. The summed E-state index contributed by atoms with van der Waals surface area (Å²) in [6.07, 6.45) is 5.84. The second-order valence-electron chi connectivity index (χ2n) is 6.10. The average Bonchev–Trinajstić information content (AvgIpc) is 3.07. The van der Waals surface area contributed by atoms with Crippen molar-refractivity contribution in [3.05, 3.63) is 28.0 Å². The molecule has 3 nitrogen and oxygen atoms in total. The van der Waals surface area contributed by atoms with Crippen molar-refractivity contribution in [2.24, 2.45) is 11.8 Å². The van der Waals surface area contributed by atoms with E-state index in [9.17, 15) is 4.79 Å². The highest BCUT2D eigenvalue weighted by Gasteiger charge is 2.55. The molecule has 4 bridgehead atoms. The fourth-order valence-corrected chi connectivity index (χ4v) is 5.13. The lowest BCUT2D eigenvalue weighted by atomic mass is 9.71. The van der Waals surface area contributed by atoms with Crippen LogP contribution in [0, 0.1) is 11.8 Å². The van der Waals surface area contributed by atoms with Crippen LogP contribution in [0.4, 0.5) is 0 Å². The molecule has 4 fully saturated rings. The van der Waals surface area contributed by atoms with Gasteiger partial charge >= 0.3 is 5.97 Å². The number of fused-ring (bicyclic) bond motifs is 1. The number of methoxy groups -OCH3 is 1. The van der Waals surface area contributed by atoms with E-state index in [0.29, 0.717) is 18.0 Å². The standard InChI is InChI=1S/C16H19NO2S/c1-19-16(18)15-13-8-11-4-5-14(15)17(11)9-10(13)7-12-3-2-6-20-12/h2-3,6-7,11,13-15H,4-5,8-9H2,1H3/b10-7+/t11-,13+,14+,15-/m0/s1. The van der Waals surface area contributed by atoms with Gasteiger partial charge in [-0.1, -0.05) is 11.6 Å². The van der Waals surface area contributed by atoms with Crippen molar-refractivity contribution < 1.29 is 9.53 Å². The summed E-state index contributed by atoms with van der Waals surface area (Å²) in [6, 6.07) is 5.36. The number of nitrogens with zero attached hydrogens (tertiary/aromatic N) is 1. The molecule has 0 N–H and O–H groups in total. The van der Waals surface area contributed by atoms with E-state index in [1.807, 2.05) is 0 Å². The third-order valence-electron chi connectivity index (χ3n) is 5.25. The monoisotopic (exact) mass is 289 g/mol. The second-order valence-corrected chi connectivity index (χ2v) is 7.08. The molecule has 4 heteroatoms. The van der Waals surface area contributed by atoms with Crippen LogP contribution < -0.4 is 0 Å². The Balaban J connectivity index is 1.70. The maximum absolute atomic E-state index is 12.2. The Morgan fingerprint density at radius 1 is 1.50 bits per heavy atom. The summed E-state index contributed by atoms with van der Waals surface area (Å²) in [4.78, 5) is 16.1. The first-order valence-corrected chi connectivity index (χ1v) is 8.23. The molecule has 0 radical (unpaired) electrons. The van der Waals surface area contributed by atoms with E-state index in [1.165, 1.54) is 24.0 Å². The second kappa shape index (κ2) is 4.71. The van der Waals surface area contributed by atoms with Crippen LogP contribution in [0.2, 0.25) is 0 Å². The Kier molecular flexibility index (Phi) is 2.97. The summed E-state index contributed by atoms with van der Waals surface area (Å²) in [5.41, 5.74) is 1.43. The minimum Gasteiger partial charge on any atom is -0.469 e. The maximum Gasteiger partial charge on any atom is 0.310 e. The molecule has 1 aromatic rings. The largest absolute Gasteiger partial charge is 0.469 e. The molecule has 0 spiro atoms. The molecule has 1 aromatic heterocycles. The Bertz CT molecular complexity index is 551. The normalized spacial score (nSPS) is 40.2. The van der Waals surface area contributed by atoms with Gasteiger partial charge in [-0.3, -0.25) is 9.69 Å². The number of carbonyl (C=O) groups excluding carboxylic acids is 1. The van der Waals surface area contributed by atoms with Crippen LogP contribution in [-0.2, 0) is 9.53 Å². The van der Waals surface area contributed by atoms with E-state index in [1.54, 1.807) is 11.3 Å². The number of thiophene rings is 1. The molecular weight excluding hydrogens is 270 g/mol. The van der Waals surface area contributed by atoms with Crippen LogP contribution in [0.5, 0.6) is 0 Å². The van der Waals surface area contributed by atoms with E-state index < -0.39 is 0 Å². The number of piperidine rings is 3. The highest BCUT2D eigenvalue weighted by Crippen LogP contribution is 2.50. The van der Waals surface area contributed by atoms with Gasteiger partial charge < -0.3 is 4.74 Å². The summed E-state index contributed by atoms with van der Waals surface area (Å²) in [7, 11) is 1.52. The quantitative estimate of drug-likeness (QED) is 0.784. The van der Waals surface area contributed by atoms with Gasteiger partial charge in [0.05, 0.1) is 13.0 Å². The van der Waals surface area contributed by atoms with Crippen molar-refractivity contribution in [3.63, 3.8) is 0 Å². The first-order valence-electron chi connectivity index (χ1n) is 7.35. The third kappa shape index (κ3) is 1.78. The number of hydrogen-bond donors (Lipinski definition) is 0. The van der Waals surface area contributed by atoms with Crippen LogP contribution in [0.15, 0.2) is 23.1 Å². The highest BCUT2D eigenvalue weighted by molar-refractivity contribution is 7.10. The van der Waals surface area contributed by atoms with Crippen molar-refractivity contribution in [1.29, 1.82) is 0 Å². The number of ether oxygens (including phenoxy) is 1. The van der Waals surface area contributed by atoms with Gasteiger partial charge in [-0.05, 0) is 42.7 Å². The lowest BCUT2D eigenvalue weighted by Crippen LogP contribution is -2.58. The van der Waals surface area contributed by atoms with Crippen LogP contribution in [-0.4, -0.2) is 36.6 Å². The van der Waals surface area contributed by atoms with E-state index >= 15 is 0 Å². The lowest BCUT2D eigenvalue weighted by molar-refractivity contribution is -0.153. The number of esters is 1. The molecule has 0 saturated carbocycles. The van der Waals surface area contributed by atoms with E-state index in [2.05, 4.69) is 28.5 Å². The lowest BCUT2D eigenvalue weighted by Gasteiger charge is -2.50. The fourth-order valence-electron chi connectivity index (χ4n) is 4.44. The smallest absolute Gasteiger partial charge is 0.310 e. The SMILES string of the molecule is COC(=O)[C@H]1[C@@H]2C[C@@H]3CC[C@H]1N3C/C2=C\c1cccs1. The summed E-state index contributed by atoms with van der Waals surface area (Å²) in [6.45, 7) is 1.05. The minimum atomic E-state index is -0.0119. The first kappa shape index (κ1) is 12.6. The Morgan fingerprint density at radius 2 is 2.40 bits per heavy atom. The van der Waals surface area contributed by atoms with Gasteiger partial charge in [-0.25, -0.2) is 0 Å². The molecule has 4 aliphatic heterocycles. The molecule has 4 saturated heterocycles. The first-order chi connectivity index (χ1) is 9.78. The van der Waals surface area contributed by atoms with E-state index in [-0.39, 0.29) is 11.9 Å². The Hall–Kier alpha value is -1.13. The van der Waals surface area contributed by atoms with Gasteiger partial charge in [0.2, 0.25) is 0 Å². The molecule has 5 heterocycles. The molecule has 4 aliphatic rings. The Labute approximate surface area is 123 Å². The van der Waals surface area contributed by atoms with Gasteiger partial charge in [0, 0.05) is 23.5 Å². The molecule has 0 amide bonds. The molecule has 0 aromatic carbocycles. The van der Waals surface area contributed by atoms with Gasteiger partial charge in [0.25, 0.3) is 0 Å². The topological polar surface area (TPSA) is 29.5 Å². The summed E-state index contributed by atoms with van der Waals surface area (Å²) >= 11 is 1.77. The summed E-state index contributed by atoms with van der Waals surface area (Å²) in [5.74, 6) is 0.438. The maximum atomic E-state index is 12.2. The van der Waals surface area contributed by atoms with Gasteiger partial charge in [0.15, 0.2) is 0 Å². The molecule has 1 unspecified atom stereocenters. The Morgan fingerprint density at radius 3 is 3.15 bits per heavy atom. The molecular formula is C16H19NO2S. The predicted molar refractivity (Wildman–Crippen MR) is 79.4 cm³/mol. The minimum absolute atomic E-state index is 0.0119. The number of carbonyl (C=O) groups is 1. The number of hydrogen-bond acceptors (Lipinski definition) is 4. The van der Waals surface area contributed by atoms with E-state index in [4.69, 9.17) is 4.74 Å². The van der Waals surface area contributed by atoms with Crippen LogP contribution in [0.1, 0.15) is 24.1 Å². The fraction of sp³-hybridized carbons (Fsp3) is 0.562. The molecule has 5 rings (SSSR count). The van der Waals surface area contributed by atoms with Crippen LogP contribution >= 0.6 is 11.3 Å². The average molecular weight is 289 g/mol. The molecule has 20 heavy (non-hydrogen) atoms. The predicted octanol–water partition coefficient (Wildman–Crippen LogP) is 2.79. The highest BCUT2D eigenvalue weighted by atomic mass is 32.1. The number of rotatable bonds is 2. The van der Waals surface area contributed by atoms with Gasteiger partial charge in [-0.15, -0.1) is 11.3 Å². The van der Waals surface area contributed by atoms with E-state index in [0.717, 1.165) is 19.4 Å². The van der Waals surface area contributed by atoms with Crippen molar-refractivity contribution in [2.75, 3.05) is 13.7 Å². The van der Waals surface area contributed by atoms with Crippen molar-refractivity contribution in [1.82, 2.24) is 4.90 Å². The van der Waals surface area contributed by atoms with Gasteiger partial charge in [-0.2, -0.15) is 0 Å². The zero-order valence-electron chi connectivity index (χ0n) is 11.6. The van der Waals surface area contributed by atoms with Crippen molar-refractivity contribution in [3.8, 4) is 0 Å². The van der Waals surface area contributed by atoms with Crippen molar-refractivity contribution >= 4 is 23.4 Å².